The van der Waals surface area contributed by atoms with Crippen LogP contribution >= 0.6 is 0 Å². The molecule has 0 atom stereocenters. The van der Waals surface area contributed by atoms with Crippen molar-refractivity contribution in [1.82, 2.24) is 10.6 Å². The SMILES string of the molecule is CCNC(=NCc1cccc(NC(=O)C2CCC2)c1)NCCc1cc(C)ccc1OC. The Labute approximate surface area is 185 Å². The highest BCUT2D eigenvalue weighted by atomic mass is 16.5. The lowest BCUT2D eigenvalue weighted by Crippen LogP contribution is -2.38. The number of rotatable bonds is 9. The van der Waals surface area contributed by atoms with Crippen LogP contribution in [0, 0.1) is 12.8 Å². The second kappa shape index (κ2) is 11.4. The number of nitrogens with zero attached hydrogens (tertiary/aromatic N) is 1. The van der Waals surface area contributed by atoms with E-state index in [4.69, 9.17) is 9.73 Å². The smallest absolute Gasteiger partial charge is 0.227 e. The maximum absolute atomic E-state index is 12.2. The molecule has 2 aromatic rings. The fourth-order valence-electron chi connectivity index (χ4n) is 3.59. The number of benzene rings is 2. The Kier molecular flexibility index (Phi) is 8.33. The third-order valence-corrected chi connectivity index (χ3v) is 5.56. The van der Waals surface area contributed by atoms with Gasteiger partial charge in [-0.05, 0) is 62.4 Å². The van der Waals surface area contributed by atoms with Crippen LogP contribution in [0.2, 0.25) is 0 Å². The van der Waals surface area contributed by atoms with Crippen LogP contribution in [0.4, 0.5) is 5.69 Å². The first kappa shape index (κ1) is 22.7. The number of aliphatic imine (C=N–C) groups is 1. The topological polar surface area (TPSA) is 74.8 Å². The molecular weight excluding hydrogens is 388 g/mol. The van der Waals surface area contributed by atoms with Crippen molar-refractivity contribution < 1.29 is 9.53 Å². The van der Waals surface area contributed by atoms with E-state index in [1.165, 1.54) is 11.1 Å². The zero-order valence-electron chi connectivity index (χ0n) is 18.8. The predicted octanol–water partition coefficient (Wildman–Crippen LogP) is 4.04. The standard InChI is InChI=1S/C25H34N4O2/c1-4-26-25(27-14-13-21-15-18(2)11-12-23(21)31-3)28-17-19-7-5-10-22(16-19)29-24(30)20-8-6-9-20/h5,7,10-12,15-16,20H,4,6,8-9,13-14,17H2,1-3H3,(H,29,30)(H2,26,27,28). The average molecular weight is 423 g/mol. The lowest BCUT2D eigenvalue weighted by atomic mass is 9.85. The van der Waals surface area contributed by atoms with E-state index in [1.807, 2.05) is 30.3 Å². The Bertz CT molecular complexity index is 906. The Morgan fingerprint density at radius 3 is 2.71 bits per heavy atom. The van der Waals surface area contributed by atoms with Crippen molar-refractivity contribution in [1.29, 1.82) is 0 Å². The van der Waals surface area contributed by atoms with E-state index in [9.17, 15) is 4.79 Å². The molecule has 1 aliphatic rings. The van der Waals surface area contributed by atoms with Crippen LogP contribution in [0.25, 0.3) is 0 Å². The van der Waals surface area contributed by atoms with Crippen LogP contribution in [0.15, 0.2) is 47.5 Å². The van der Waals surface area contributed by atoms with Gasteiger partial charge in [0.2, 0.25) is 5.91 Å². The number of hydrogen-bond acceptors (Lipinski definition) is 3. The summed E-state index contributed by atoms with van der Waals surface area (Å²) in [5.41, 5.74) is 4.31. The summed E-state index contributed by atoms with van der Waals surface area (Å²) in [5, 5.41) is 9.73. The molecule has 0 spiro atoms. The number of guanidine groups is 1. The molecule has 6 heteroatoms. The highest BCUT2D eigenvalue weighted by Crippen LogP contribution is 2.27. The predicted molar refractivity (Wildman–Crippen MR) is 127 cm³/mol. The second-order valence-electron chi connectivity index (χ2n) is 8.00. The highest BCUT2D eigenvalue weighted by Gasteiger charge is 2.25. The summed E-state index contributed by atoms with van der Waals surface area (Å²) in [6.45, 7) is 6.22. The van der Waals surface area contributed by atoms with E-state index in [2.05, 4.69) is 41.9 Å². The number of methoxy groups -OCH3 is 1. The number of anilines is 1. The van der Waals surface area contributed by atoms with Gasteiger partial charge in [0, 0.05) is 24.7 Å². The molecule has 2 aromatic carbocycles. The number of aryl methyl sites for hydroxylation is 1. The minimum absolute atomic E-state index is 0.133. The van der Waals surface area contributed by atoms with Gasteiger partial charge in [0.1, 0.15) is 5.75 Å². The number of hydrogen-bond donors (Lipinski definition) is 3. The molecule has 0 aromatic heterocycles. The lowest BCUT2D eigenvalue weighted by molar-refractivity contribution is -0.122. The zero-order valence-corrected chi connectivity index (χ0v) is 18.8. The van der Waals surface area contributed by atoms with Crippen molar-refractivity contribution in [2.24, 2.45) is 10.9 Å². The molecule has 6 nitrogen and oxygen atoms in total. The van der Waals surface area contributed by atoms with E-state index in [0.717, 1.165) is 61.7 Å². The molecule has 166 valence electrons. The summed E-state index contributed by atoms with van der Waals surface area (Å²) in [7, 11) is 1.70. The van der Waals surface area contributed by atoms with Crippen LogP contribution in [-0.4, -0.2) is 32.1 Å². The molecule has 0 aliphatic heterocycles. The van der Waals surface area contributed by atoms with Crippen LogP contribution in [0.5, 0.6) is 5.75 Å². The molecule has 1 fully saturated rings. The van der Waals surface area contributed by atoms with E-state index in [0.29, 0.717) is 6.54 Å². The molecule has 0 unspecified atom stereocenters. The van der Waals surface area contributed by atoms with Gasteiger partial charge >= 0.3 is 0 Å². The van der Waals surface area contributed by atoms with E-state index < -0.39 is 0 Å². The van der Waals surface area contributed by atoms with Gasteiger partial charge in [0.25, 0.3) is 0 Å². The minimum Gasteiger partial charge on any atom is -0.496 e. The van der Waals surface area contributed by atoms with Crippen LogP contribution in [0.3, 0.4) is 0 Å². The number of amides is 1. The Balaban J connectivity index is 1.56. The Morgan fingerprint density at radius 2 is 2.00 bits per heavy atom. The summed E-state index contributed by atoms with van der Waals surface area (Å²) in [5.74, 6) is 2.00. The summed E-state index contributed by atoms with van der Waals surface area (Å²) < 4.78 is 5.47. The fraction of sp³-hybridized carbons (Fsp3) is 0.440. The summed E-state index contributed by atoms with van der Waals surface area (Å²) >= 11 is 0. The molecule has 3 rings (SSSR count). The van der Waals surface area contributed by atoms with Gasteiger partial charge in [-0.2, -0.15) is 0 Å². The quantitative estimate of drug-likeness (QED) is 0.421. The number of nitrogens with one attached hydrogen (secondary N) is 3. The molecule has 0 bridgehead atoms. The summed E-state index contributed by atoms with van der Waals surface area (Å²) in [6.07, 6.45) is 4.01. The molecule has 3 N–H and O–H groups in total. The number of carbonyl (C=O) groups is 1. The third kappa shape index (κ3) is 6.74. The van der Waals surface area contributed by atoms with Crippen molar-refractivity contribution in [2.75, 3.05) is 25.5 Å². The van der Waals surface area contributed by atoms with Gasteiger partial charge in [-0.15, -0.1) is 0 Å². The maximum Gasteiger partial charge on any atom is 0.227 e. The van der Waals surface area contributed by atoms with Crippen LogP contribution in [-0.2, 0) is 17.8 Å². The van der Waals surface area contributed by atoms with Crippen molar-refractivity contribution in [3.05, 3.63) is 59.2 Å². The summed E-state index contributed by atoms with van der Waals surface area (Å²) in [4.78, 5) is 16.9. The first-order valence-corrected chi connectivity index (χ1v) is 11.1. The van der Waals surface area contributed by atoms with Crippen LogP contribution in [0.1, 0.15) is 42.9 Å². The monoisotopic (exact) mass is 422 g/mol. The van der Waals surface area contributed by atoms with Gasteiger partial charge in [-0.1, -0.05) is 36.2 Å². The first-order chi connectivity index (χ1) is 15.1. The summed E-state index contributed by atoms with van der Waals surface area (Å²) in [6, 6.07) is 14.2. The first-order valence-electron chi connectivity index (χ1n) is 11.1. The van der Waals surface area contributed by atoms with Gasteiger partial charge < -0.3 is 20.7 Å². The van der Waals surface area contributed by atoms with Crippen LogP contribution < -0.4 is 20.7 Å². The van der Waals surface area contributed by atoms with Crippen molar-refractivity contribution in [3.8, 4) is 5.75 Å². The molecule has 0 radical (unpaired) electrons. The Morgan fingerprint density at radius 1 is 1.16 bits per heavy atom. The average Bonchev–Trinajstić information content (AvgIpc) is 2.71. The van der Waals surface area contributed by atoms with Gasteiger partial charge in [0.05, 0.1) is 13.7 Å². The highest BCUT2D eigenvalue weighted by molar-refractivity contribution is 5.93. The molecule has 31 heavy (non-hydrogen) atoms. The van der Waals surface area contributed by atoms with Gasteiger partial charge in [-0.3, -0.25) is 4.79 Å². The molecule has 1 amide bonds. The normalized spacial score (nSPS) is 14.0. The minimum atomic E-state index is 0.133. The van der Waals surface area contributed by atoms with Crippen molar-refractivity contribution in [2.45, 2.75) is 46.1 Å². The maximum atomic E-state index is 12.2. The second-order valence-corrected chi connectivity index (χ2v) is 8.00. The molecular formula is C25H34N4O2. The molecule has 1 aliphatic carbocycles. The molecule has 0 heterocycles. The van der Waals surface area contributed by atoms with Gasteiger partial charge in [0.15, 0.2) is 5.96 Å². The van der Waals surface area contributed by atoms with Crippen molar-refractivity contribution >= 4 is 17.6 Å². The largest absolute Gasteiger partial charge is 0.496 e. The van der Waals surface area contributed by atoms with E-state index in [-0.39, 0.29) is 11.8 Å². The van der Waals surface area contributed by atoms with E-state index >= 15 is 0 Å². The lowest BCUT2D eigenvalue weighted by Gasteiger charge is -2.24. The fourth-order valence-corrected chi connectivity index (χ4v) is 3.59. The number of ether oxygens (including phenoxy) is 1. The Hall–Kier alpha value is -3.02. The number of carbonyl (C=O) groups excluding carboxylic acids is 1. The zero-order chi connectivity index (χ0) is 22.1. The third-order valence-electron chi connectivity index (χ3n) is 5.56. The van der Waals surface area contributed by atoms with E-state index in [1.54, 1.807) is 7.11 Å². The molecule has 0 saturated heterocycles. The molecule has 1 saturated carbocycles. The van der Waals surface area contributed by atoms with Gasteiger partial charge in [-0.25, -0.2) is 4.99 Å². The van der Waals surface area contributed by atoms with Crippen molar-refractivity contribution in [3.63, 3.8) is 0 Å².